The first kappa shape index (κ1) is 18.2. The van der Waals surface area contributed by atoms with Crippen molar-refractivity contribution in [3.05, 3.63) is 35.9 Å². The molecule has 2 N–H and O–H groups in total. The van der Waals surface area contributed by atoms with Gasteiger partial charge >= 0.3 is 0 Å². The summed E-state index contributed by atoms with van der Waals surface area (Å²) in [4.78, 5) is 19.2. The number of carbonyl (C=O) groups is 1. The zero-order valence-corrected chi connectivity index (χ0v) is 16.0. The molecule has 27 heavy (non-hydrogen) atoms. The van der Waals surface area contributed by atoms with E-state index in [1.807, 2.05) is 0 Å². The number of carbonyl (C=O) groups excluding carboxylic acids is 1. The quantitative estimate of drug-likeness (QED) is 0.703. The molecule has 1 aromatic carbocycles. The number of para-hydroxylation sites is 1. The number of hydrogen-bond donors (Lipinski definition) is 2. The zero-order chi connectivity index (χ0) is 18.5. The van der Waals surface area contributed by atoms with E-state index in [1.54, 1.807) is 0 Å². The Morgan fingerprint density at radius 3 is 2.78 bits per heavy atom. The first-order chi connectivity index (χ1) is 13.3. The van der Waals surface area contributed by atoms with Crippen LogP contribution >= 0.6 is 0 Å². The van der Waals surface area contributed by atoms with Crippen molar-refractivity contribution >= 4 is 22.6 Å². The molecule has 144 valence electrons. The summed E-state index contributed by atoms with van der Waals surface area (Å²) in [5, 5.41) is 7.77. The molecule has 2 heterocycles. The molecule has 1 saturated heterocycles. The normalized spacial score (nSPS) is 17.3. The van der Waals surface area contributed by atoms with E-state index in [4.69, 9.17) is 4.98 Å². The molecule has 4 rings (SSSR count). The number of pyridine rings is 1. The lowest BCUT2D eigenvalue weighted by Gasteiger charge is -2.30. The van der Waals surface area contributed by atoms with Crippen LogP contribution in [0, 0.1) is 0 Å². The van der Waals surface area contributed by atoms with E-state index in [2.05, 4.69) is 45.9 Å². The molecule has 1 amide bonds. The van der Waals surface area contributed by atoms with Crippen LogP contribution in [0.2, 0.25) is 0 Å². The lowest BCUT2D eigenvalue weighted by atomic mass is 10.1. The molecule has 0 bridgehead atoms. The number of benzene rings is 1. The first-order valence-electron chi connectivity index (χ1n) is 10.4. The minimum absolute atomic E-state index is 0.195. The minimum Gasteiger partial charge on any atom is -0.356 e. The fourth-order valence-electron chi connectivity index (χ4n) is 3.78. The summed E-state index contributed by atoms with van der Waals surface area (Å²) < 4.78 is 0. The second-order valence-electron chi connectivity index (χ2n) is 7.83. The van der Waals surface area contributed by atoms with Crippen molar-refractivity contribution in [2.75, 3.05) is 24.5 Å². The Labute approximate surface area is 161 Å². The molecule has 2 aromatic rings. The highest BCUT2D eigenvalue weighted by Gasteiger charge is 2.22. The van der Waals surface area contributed by atoms with Gasteiger partial charge < -0.3 is 15.5 Å². The predicted octanol–water partition coefficient (Wildman–Crippen LogP) is 3.37. The molecule has 1 aromatic heterocycles. The summed E-state index contributed by atoms with van der Waals surface area (Å²) in [6.45, 7) is 3.84. The molecule has 5 heteroatoms. The van der Waals surface area contributed by atoms with Crippen molar-refractivity contribution in [1.82, 2.24) is 15.6 Å². The fraction of sp³-hybridized carbons (Fsp3) is 0.545. The van der Waals surface area contributed by atoms with Gasteiger partial charge in [-0.15, -0.1) is 0 Å². The highest BCUT2D eigenvalue weighted by atomic mass is 16.1. The molecule has 0 spiro atoms. The molecular formula is C22H30N4O. The predicted molar refractivity (Wildman–Crippen MR) is 110 cm³/mol. The van der Waals surface area contributed by atoms with Crippen LogP contribution in [-0.4, -0.2) is 36.6 Å². The average Bonchev–Trinajstić information content (AvgIpc) is 3.51. The van der Waals surface area contributed by atoms with Crippen molar-refractivity contribution in [2.45, 2.75) is 57.5 Å². The summed E-state index contributed by atoms with van der Waals surface area (Å²) in [5.41, 5.74) is 2.33. The van der Waals surface area contributed by atoms with Gasteiger partial charge in [0.1, 0.15) is 5.82 Å². The van der Waals surface area contributed by atoms with Crippen LogP contribution in [-0.2, 0) is 11.3 Å². The molecule has 2 aliphatic rings. The van der Waals surface area contributed by atoms with Crippen molar-refractivity contribution in [2.24, 2.45) is 0 Å². The Balaban J connectivity index is 1.37. The Morgan fingerprint density at radius 2 is 1.96 bits per heavy atom. The van der Waals surface area contributed by atoms with Crippen LogP contribution in [0.1, 0.15) is 50.5 Å². The summed E-state index contributed by atoms with van der Waals surface area (Å²) in [5.74, 6) is 1.33. The third-order valence-electron chi connectivity index (χ3n) is 5.45. The average molecular weight is 367 g/mol. The van der Waals surface area contributed by atoms with Crippen molar-refractivity contribution in [3.8, 4) is 0 Å². The minimum atomic E-state index is 0.195. The molecule has 0 atom stereocenters. The second-order valence-corrected chi connectivity index (χ2v) is 7.83. The highest BCUT2D eigenvalue weighted by molar-refractivity contribution is 5.82. The molecule has 2 fully saturated rings. The van der Waals surface area contributed by atoms with Crippen molar-refractivity contribution in [3.63, 3.8) is 0 Å². The molecule has 1 saturated carbocycles. The van der Waals surface area contributed by atoms with Gasteiger partial charge in [-0.05, 0) is 57.2 Å². The SMILES string of the molecule is O=C(CCCNCc1cc2ccccc2nc1N1CCCCC1)NC1CC1. The molecule has 0 radical (unpaired) electrons. The van der Waals surface area contributed by atoms with Crippen molar-refractivity contribution in [1.29, 1.82) is 0 Å². The third kappa shape index (κ3) is 4.98. The maximum absolute atomic E-state index is 11.8. The van der Waals surface area contributed by atoms with Crippen LogP contribution in [0.4, 0.5) is 5.82 Å². The first-order valence-corrected chi connectivity index (χ1v) is 10.4. The van der Waals surface area contributed by atoms with E-state index in [0.717, 1.165) is 56.8 Å². The van der Waals surface area contributed by atoms with Crippen molar-refractivity contribution < 1.29 is 4.79 Å². The maximum Gasteiger partial charge on any atom is 0.220 e. The Hall–Kier alpha value is -2.14. The van der Waals surface area contributed by atoms with Gasteiger partial charge in [0.15, 0.2) is 0 Å². The van der Waals surface area contributed by atoms with E-state index in [0.29, 0.717) is 12.5 Å². The number of amides is 1. The molecule has 1 aliphatic carbocycles. The second kappa shape index (κ2) is 8.70. The van der Waals surface area contributed by atoms with Gasteiger partial charge in [-0.2, -0.15) is 0 Å². The van der Waals surface area contributed by atoms with Crippen LogP contribution in [0.25, 0.3) is 10.9 Å². The lowest BCUT2D eigenvalue weighted by Crippen LogP contribution is -2.32. The topological polar surface area (TPSA) is 57.3 Å². The van der Waals surface area contributed by atoms with E-state index in [9.17, 15) is 4.79 Å². The maximum atomic E-state index is 11.8. The largest absolute Gasteiger partial charge is 0.356 e. The molecular weight excluding hydrogens is 336 g/mol. The number of hydrogen-bond acceptors (Lipinski definition) is 4. The molecule has 1 aliphatic heterocycles. The smallest absolute Gasteiger partial charge is 0.220 e. The summed E-state index contributed by atoms with van der Waals surface area (Å²) in [7, 11) is 0. The number of rotatable bonds is 8. The van der Waals surface area contributed by atoms with E-state index < -0.39 is 0 Å². The van der Waals surface area contributed by atoms with Gasteiger partial charge in [-0.1, -0.05) is 18.2 Å². The number of fused-ring (bicyclic) bond motifs is 1. The van der Waals surface area contributed by atoms with E-state index in [1.165, 1.54) is 30.2 Å². The number of nitrogens with one attached hydrogen (secondary N) is 2. The number of anilines is 1. The van der Waals surface area contributed by atoms with Gasteiger partial charge in [0.05, 0.1) is 5.52 Å². The van der Waals surface area contributed by atoms with Crippen LogP contribution in [0.5, 0.6) is 0 Å². The van der Waals surface area contributed by atoms with Gasteiger partial charge in [-0.25, -0.2) is 4.98 Å². The van der Waals surface area contributed by atoms with Crippen LogP contribution < -0.4 is 15.5 Å². The van der Waals surface area contributed by atoms with Gasteiger partial charge in [-0.3, -0.25) is 4.79 Å². The lowest BCUT2D eigenvalue weighted by molar-refractivity contribution is -0.121. The third-order valence-corrected chi connectivity index (χ3v) is 5.45. The van der Waals surface area contributed by atoms with Gasteiger partial charge in [0.25, 0.3) is 0 Å². The molecule has 5 nitrogen and oxygen atoms in total. The monoisotopic (exact) mass is 366 g/mol. The van der Waals surface area contributed by atoms with E-state index in [-0.39, 0.29) is 5.91 Å². The molecule has 0 unspecified atom stereocenters. The summed E-state index contributed by atoms with van der Waals surface area (Å²) >= 11 is 0. The van der Waals surface area contributed by atoms with Gasteiger partial charge in [0, 0.05) is 43.0 Å². The standard InChI is InChI=1S/C22H30N4O/c27-21(24-19-10-11-19)9-6-12-23-16-18-15-17-7-2-3-8-20(17)25-22(18)26-13-4-1-5-14-26/h2-3,7-8,15,19,23H,1,4-6,9-14,16H2,(H,24,27). The van der Waals surface area contributed by atoms with Crippen LogP contribution in [0.15, 0.2) is 30.3 Å². The Morgan fingerprint density at radius 1 is 1.15 bits per heavy atom. The summed E-state index contributed by atoms with van der Waals surface area (Å²) in [6.07, 6.45) is 7.60. The van der Waals surface area contributed by atoms with E-state index >= 15 is 0 Å². The number of aromatic nitrogens is 1. The Kier molecular flexibility index (Phi) is 5.87. The Bertz CT molecular complexity index is 781. The van der Waals surface area contributed by atoms with Gasteiger partial charge in [0.2, 0.25) is 5.91 Å². The van der Waals surface area contributed by atoms with Crippen LogP contribution in [0.3, 0.4) is 0 Å². The number of nitrogens with zero attached hydrogens (tertiary/aromatic N) is 2. The fourth-order valence-corrected chi connectivity index (χ4v) is 3.78. The number of piperidine rings is 1. The zero-order valence-electron chi connectivity index (χ0n) is 16.0. The highest BCUT2D eigenvalue weighted by Crippen LogP contribution is 2.26. The summed E-state index contributed by atoms with van der Waals surface area (Å²) in [6, 6.07) is 11.1.